The first-order valence-electron chi connectivity index (χ1n) is 8.11. The van der Waals surface area contributed by atoms with E-state index in [1.54, 1.807) is 0 Å². The van der Waals surface area contributed by atoms with E-state index in [0.29, 0.717) is 11.6 Å². The van der Waals surface area contributed by atoms with E-state index in [-0.39, 0.29) is 11.6 Å². The second kappa shape index (κ2) is 6.91. The van der Waals surface area contributed by atoms with Crippen LogP contribution in [0.1, 0.15) is 29.8 Å². The number of piperazine rings is 1. The highest BCUT2D eigenvalue weighted by molar-refractivity contribution is 6.31. The molecule has 124 valence electrons. The zero-order valence-corrected chi connectivity index (χ0v) is 14.4. The summed E-state index contributed by atoms with van der Waals surface area (Å²) in [4.78, 5) is 14.4. The third kappa shape index (κ3) is 3.22. The molecular weight excluding hydrogens is 312 g/mol. The van der Waals surface area contributed by atoms with Crippen LogP contribution in [0.2, 0.25) is 5.02 Å². The van der Waals surface area contributed by atoms with E-state index in [4.69, 9.17) is 11.6 Å². The number of nitrogens with one attached hydrogen (secondary N) is 2. The molecule has 2 N–H and O–H groups in total. The molecule has 0 aliphatic carbocycles. The summed E-state index contributed by atoms with van der Waals surface area (Å²) in [6, 6.07) is 8.48. The van der Waals surface area contributed by atoms with Crippen LogP contribution in [-0.2, 0) is 6.54 Å². The molecule has 23 heavy (non-hydrogen) atoms. The third-order valence-corrected chi connectivity index (χ3v) is 4.80. The van der Waals surface area contributed by atoms with Crippen LogP contribution < -0.4 is 10.9 Å². The van der Waals surface area contributed by atoms with Crippen LogP contribution in [0, 0.1) is 6.92 Å². The molecule has 3 rings (SSSR count). The van der Waals surface area contributed by atoms with Gasteiger partial charge in [0, 0.05) is 32.7 Å². The number of aryl methyl sites for hydroxylation is 2. The zero-order valence-electron chi connectivity index (χ0n) is 13.6. The van der Waals surface area contributed by atoms with E-state index < -0.39 is 0 Å². The Labute approximate surface area is 141 Å². The van der Waals surface area contributed by atoms with Gasteiger partial charge in [-0.1, -0.05) is 41.4 Å². The Morgan fingerprint density at radius 3 is 2.48 bits per heavy atom. The van der Waals surface area contributed by atoms with Crippen molar-refractivity contribution in [2.75, 3.05) is 26.2 Å². The topological polar surface area (TPSA) is 53.1 Å². The predicted molar refractivity (Wildman–Crippen MR) is 93.2 cm³/mol. The first-order valence-corrected chi connectivity index (χ1v) is 8.49. The van der Waals surface area contributed by atoms with Gasteiger partial charge in [-0.25, -0.2) is 0 Å². The van der Waals surface area contributed by atoms with E-state index in [0.717, 1.165) is 31.9 Å². The van der Waals surface area contributed by atoms with Crippen molar-refractivity contribution >= 4 is 11.6 Å². The molecule has 6 heteroatoms. The fourth-order valence-electron chi connectivity index (χ4n) is 3.21. The smallest absolute Gasteiger partial charge is 0.283 e. The van der Waals surface area contributed by atoms with E-state index in [2.05, 4.69) is 46.5 Å². The fraction of sp³-hybridized carbons (Fsp3) is 0.471. The molecule has 1 saturated heterocycles. The van der Waals surface area contributed by atoms with Crippen LogP contribution >= 0.6 is 11.6 Å². The Balaban J connectivity index is 2.11. The molecule has 1 aliphatic heterocycles. The fourth-order valence-corrected chi connectivity index (χ4v) is 3.46. The molecule has 0 radical (unpaired) electrons. The summed E-state index contributed by atoms with van der Waals surface area (Å²) in [5, 5.41) is 6.53. The number of halogens is 1. The second-order valence-electron chi connectivity index (χ2n) is 5.98. The molecule has 0 amide bonds. The van der Waals surface area contributed by atoms with Gasteiger partial charge in [-0.2, -0.15) is 0 Å². The average molecular weight is 335 g/mol. The molecule has 1 unspecified atom stereocenters. The summed E-state index contributed by atoms with van der Waals surface area (Å²) in [5.74, 6) is 0. The Bertz CT molecular complexity index is 713. The van der Waals surface area contributed by atoms with E-state index in [1.165, 1.54) is 11.1 Å². The predicted octanol–water partition coefficient (Wildman–Crippen LogP) is 2.15. The highest BCUT2D eigenvalue weighted by Crippen LogP contribution is 2.32. The maximum atomic E-state index is 12.1. The summed E-state index contributed by atoms with van der Waals surface area (Å²) in [7, 11) is 0. The number of hydrogen-bond donors (Lipinski definition) is 2. The van der Waals surface area contributed by atoms with Crippen molar-refractivity contribution in [2.45, 2.75) is 26.4 Å². The first kappa shape index (κ1) is 16.3. The third-order valence-electron chi connectivity index (χ3n) is 4.44. The number of rotatable bonds is 4. The molecule has 1 atom stereocenters. The molecule has 0 spiro atoms. The molecule has 2 aromatic rings. The lowest BCUT2D eigenvalue weighted by Crippen LogP contribution is -2.46. The molecule has 1 fully saturated rings. The normalized spacial score (nSPS) is 17.3. The SMILES string of the molecule is CCn1[nH]c(=O)c(Cl)c1C(c1ccc(C)cc1)N1CCNCC1. The largest absolute Gasteiger partial charge is 0.314 e. The number of hydrogen-bond acceptors (Lipinski definition) is 3. The van der Waals surface area contributed by atoms with Crippen LogP contribution in [0.3, 0.4) is 0 Å². The highest BCUT2D eigenvalue weighted by Gasteiger charge is 2.29. The van der Waals surface area contributed by atoms with Gasteiger partial charge in [-0.15, -0.1) is 0 Å². The summed E-state index contributed by atoms with van der Waals surface area (Å²) in [6.07, 6.45) is 0. The van der Waals surface area contributed by atoms with Crippen molar-refractivity contribution in [3.05, 3.63) is 56.5 Å². The van der Waals surface area contributed by atoms with E-state index in [1.807, 2.05) is 11.6 Å². The Hall–Kier alpha value is -1.56. The quantitative estimate of drug-likeness (QED) is 0.901. The van der Waals surface area contributed by atoms with Crippen LogP contribution in [0.15, 0.2) is 29.1 Å². The minimum absolute atomic E-state index is 0.0101. The molecular formula is C17H23ClN4O. The van der Waals surface area contributed by atoms with Gasteiger partial charge >= 0.3 is 0 Å². The monoisotopic (exact) mass is 334 g/mol. The number of aromatic amines is 1. The van der Waals surface area contributed by atoms with Crippen molar-refractivity contribution in [2.24, 2.45) is 0 Å². The van der Waals surface area contributed by atoms with Gasteiger partial charge in [0.25, 0.3) is 5.56 Å². The Kier molecular flexibility index (Phi) is 4.90. The number of aromatic nitrogens is 2. The van der Waals surface area contributed by atoms with Gasteiger partial charge in [-0.3, -0.25) is 19.5 Å². The van der Waals surface area contributed by atoms with Gasteiger partial charge in [0.15, 0.2) is 0 Å². The summed E-state index contributed by atoms with van der Waals surface area (Å²) in [5.41, 5.74) is 3.04. The van der Waals surface area contributed by atoms with Crippen LogP contribution in [0.5, 0.6) is 0 Å². The van der Waals surface area contributed by atoms with Crippen molar-refractivity contribution in [1.82, 2.24) is 20.0 Å². The summed E-state index contributed by atoms with van der Waals surface area (Å²) >= 11 is 6.38. The van der Waals surface area contributed by atoms with Crippen LogP contribution in [0.4, 0.5) is 0 Å². The molecule has 1 aromatic heterocycles. The standard InChI is InChI=1S/C17H23ClN4O/c1-3-22-16(14(18)17(23)20-22)15(21-10-8-19-9-11-21)13-6-4-12(2)5-7-13/h4-7,15,19H,3,8-11H2,1-2H3,(H,20,23). The van der Waals surface area contributed by atoms with E-state index in [9.17, 15) is 4.79 Å². The summed E-state index contributed by atoms with van der Waals surface area (Å²) in [6.45, 7) is 8.53. The van der Waals surface area contributed by atoms with E-state index >= 15 is 0 Å². The molecule has 1 aliphatic rings. The molecule has 2 heterocycles. The minimum atomic E-state index is -0.212. The first-order chi connectivity index (χ1) is 11.1. The van der Waals surface area contributed by atoms with Crippen molar-refractivity contribution < 1.29 is 0 Å². The van der Waals surface area contributed by atoms with Crippen molar-refractivity contribution in [1.29, 1.82) is 0 Å². The number of H-pyrrole nitrogens is 1. The van der Waals surface area contributed by atoms with Crippen molar-refractivity contribution in [3.8, 4) is 0 Å². The summed E-state index contributed by atoms with van der Waals surface area (Å²) < 4.78 is 1.87. The van der Waals surface area contributed by atoms with Gasteiger partial charge in [0.2, 0.25) is 0 Å². The van der Waals surface area contributed by atoms with Gasteiger partial charge < -0.3 is 5.32 Å². The van der Waals surface area contributed by atoms with Gasteiger partial charge in [0.05, 0.1) is 11.7 Å². The Morgan fingerprint density at radius 2 is 1.87 bits per heavy atom. The zero-order chi connectivity index (χ0) is 16.4. The number of nitrogens with zero attached hydrogens (tertiary/aromatic N) is 2. The molecule has 0 bridgehead atoms. The van der Waals surface area contributed by atoms with Gasteiger partial charge in [-0.05, 0) is 19.4 Å². The second-order valence-corrected chi connectivity index (χ2v) is 6.36. The van der Waals surface area contributed by atoms with Crippen LogP contribution in [0.25, 0.3) is 0 Å². The Morgan fingerprint density at radius 1 is 1.22 bits per heavy atom. The maximum absolute atomic E-state index is 12.1. The molecule has 1 aromatic carbocycles. The lowest BCUT2D eigenvalue weighted by atomic mass is 9.99. The lowest BCUT2D eigenvalue weighted by molar-refractivity contribution is 0.191. The minimum Gasteiger partial charge on any atom is -0.314 e. The lowest BCUT2D eigenvalue weighted by Gasteiger charge is -2.35. The molecule has 0 saturated carbocycles. The maximum Gasteiger partial charge on any atom is 0.283 e. The van der Waals surface area contributed by atoms with Crippen molar-refractivity contribution in [3.63, 3.8) is 0 Å². The van der Waals surface area contributed by atoms with Gasteiger partial charge in [0.1, 0.15) is 5.02 Å². The highest BCUT2D eigenvalue weighted by atomic mass is 35.5. The number of benzene rings is 1. The molecule has 5 nitrogen and oxygen atoms in total. The van der Waals surface area contributed by atoms with Crippen LogP contribution in [-0.4, -0.2) is 40.9 Å². The average Bonchev–Trinajstić information content (AvgIpc) is 2.86.